The number of benzene rings is 2. The monoisotopic (exact) mass is 347 g/mol. The van der Waals surface area contributed by atoms with Crippen LogP contribution in [0, 0.1) is 11.6 Å². The van der Waals surface area contributed by atoms with E-state index in [1.54, 1.807) is 24.3 Å². The Morgan fingerprint density at radius 2 is 1.54 bits per heavy atom. The van der Waals surface area contributed by atoms with E-state index in [1.165, 1.54) is 12.4 Å². The van der Waals surface area contributed by atoms with Crippen LogP contribution < -0.4 is 16.4 Å². The summed E-state index contributed by atoms with van der Waals surface area (Å²) >= 11 is 5.93. The first-order valence-electron chi connectivity index (χ1n) is 6.88. The van der Waals surface area contributed by atoms with E-state index in [4.69, 9.17) is 17.3 Å². The molecule has 4 N–H and O–H groups in total. The Labute approximate surface area is 141 Å². The zero-order valence-corrected chi connectivity index (χ0v) is 13.0. The summed E-state index contributed by atoms with van der Waals surface area (Å²) in [7, 11) is 0. The van der Waals surface area contributed by atoms with Gasteiger partial charge in [-0.3, -0.25) is 0 Å². The predicted molar refractivity (Wildman–Crippen MR) is 90.8 cm³/mol. The van der Waals surface area contributed by atoms with Crippen LogP contribution in [0.15, 0.2) is 48.8 Å². The minimum Gasteiger partial charge on any atom is -0.393 e. The molecule has 8 heteroatoms. The molecule has 0 aliphatic rings. The maximum absolute atomic E-state index is 13.3. The number of nitrogens with two attached hydrogens (primary N) is 1. The van der Waals surface area contributed by atoms with E-state index in [9.17, 15) is 8.78 Å². The number of anilines is 5. The van der Waals surface area contributed by atoms with Gasteiger partial charge in [0.05, 0.1) is 0 Å². The summed E-state index contributed by atoms with van der Waals surface area (Å²) in [6.45, 7) is 0. The van der Waals surface area contributed by atoms with Crippen molar-refractivity contribution < 1.29 is 8.78 Å². The fourth-order valence-corrected chi connectivity index (χ4v) is 2.20. The second-order valence-corrected chi connectivity index (χ2v) is 5.31. The van der Waals surface area contributed by atoms with Crippen molar-refractivity contribution in [2.45, 2.75) is 0 Å². The zero-order chi connectivity index (χ0) is 17.1. The zero-order valence-electron chi connectivity index (χ0n) is 12.2. The fraction of sp³-hybridized carbons (Fsp3) is 0. The molecular weight excluding hydrogens is 336 g/mol. The van der Waals surface area contributed by atoms with Crippen LogP contribution in [-0.2, 0) is 0 Å². The maximum atomic E-state index is 13.3. The molecule has 122 valence electrons. The highest BCUT2D eigenvalue weighted by Crippen LogP contribution is 2.29. The molecule has 0 amide bonds. The Kier molecular flexibility index (Phi) is 4.43. The number of nitrogens with one attached hydrogen (secondary N) is 2. The van der Waals surface area contributed by atoms with E-state index < -0.39 is 11.6 Å². The molecule has 2 aromatic carbocycles. The summed E-state index contributed by atoms with van der Waals surface area (Å²) in [6, 6.07) is 10.4. The van der Waals surface area contributed by atoms with Crippen LogP contribution in [0.2, 0.25) is 5.02 Å². The van der Waals surface area contributed by atoms with Gasteiger partial charge in [0.15, 0.2) is 23.3 Å². The van der Waals surface area contributed by atoms with Crippen LogP contribution >= 0.6 is 11.6 Å². The molecule has 0 saturated carbocycles. The lowest BCUT2D eigenvalue weighted by Gasteiger charge is -2.13. The van der Waals surface area contributed by atoms with Gasteiger partial charge >= 0.3 is 0 Å². The van der Waals surface area contributed by atoms with E-state index >= 15 is 0 Å². The summed E-state index contributed by atoms with van der Waals surface area (Å²) in [5.41, 5.74) is 7.27. The van der Waals surface area contributed by atoms with E-state index in [0.29, 0.717) is 22.2 Å². The van der Waals surface area contributed by atoms with E-state index in [2.05, 4.69) is 20.6 Å². The van der Waals surface area contributed by atoms with Gasteiger partial charge in [-0.2, -0.15) is 0 Å². The lowest BCUT2D eigenvalue weighted by atomic mass is 10.3. The molecule has 0 atom stereocenters. The second kappa shape index (κ2) is 6.67. The van der Waals surface area contributed by atoms with Crippen LogP contribution in [0.5, 0.6) is 0 Å². The normalized spacial score (nSPS) is 10.5. The number of hydrogen-bond acceptors (Lipinski definition) is 5. The molecule has 24 heavy (non-hydrogen) atoms. The minimum atomic E-state index is -0.968. The lowest BCUT2D eigenvalue weighted by molar-refractivity contribution is 0.509. The van der Waals surface area contributed by atoms with Crippen LogP contribution in [0.1, 0.15) is 0 Å². The molecule has 0 aliphatic heterocycles. The summed E-state index contributed by atoms with van der Waals surface area (Å²) in [5.74, 6) is -1.28. The Balaban J connectivity index is 1.86. The highest BCUT2D eigenvalue weighted by Gasteiger charge is 2.10. The highest BCUT2D eigenvalue weighted by atomic mass is 35.5. The van der Waals surface area contributed by atoms with Crippen molar-refractivity contribution in [3.63, 3.8) is 0 Å². The largest absolute Gasteiger partial charge is 0.393 e. The average molecular weight is 348 g/mol. The number of aromatic nitrogens is 2. The molecule has 0 bridgehead atoms. The number of nitrogens with zero attached hydrogens (tertiary/aromatic N) is 2. The molecule has 0 fully saturated rings. The molecule has 0 spiro atoms. The van der Waals surface area contributed by atoms with Gasteiger partial charge in [0.25, 0.3) is 0 Å². The molecule has 3 rings (SSSR count). The van der Waals surface area contributed by atoms with E-state index in [-0.39, 0.29) is 11.5 Å². The third kappa shape index (κ3) is 3.52. The molecular formula is C16H12ClF2N5. The Bertz CT molecular complexity index is 888. The van der Waals surface area contributed by atoms with Crippen LogP contribution in [0.25, 0.3) is 0 Å². The van der Waals surface area contributed by atoms with Gasteiger partial charge in [0.1, 0.15) is 12.0 Å². The quantitative estimate of drug-likeness (QED) is 0.649. The first-order chi connectivity index (χ1) is 11.5. The molecule has 1 aromatic heterocycles. The van der Waals surface area contributed by atoms with Crippen molar-refractivity contribution in [2.24, 2.45) is 0 Å². The molecule has 0 unspecified atom stereocenters. The molecule has 0 saturated heterocycles. The molecule has 5 nitrogen and oxygen atoms in total. The van der Waals surface area contributed by atoms with Crippen LogP contribution in [0.4, 0.5) is 37.5 Å². The standard InChI is InChI=1S/C16H12ClF2N5/c17-9-2-1-3-10(6-9)23-15-14(20)16(22-8-21-15)24-11-4-5-12(18)13(19)7-11/h1-8H,20H2,(H2,21,22,23,24). The number of rotatable bonds is 4. The van der Waals surface area contributed by atoms with Crippen LogP contribution in [0.3, 0.4) is 0 Å². The lowest BCUT2D eigenvalue weighted by Crippen LogP contribution is -2.05. The van der Waals surface area contributed by atoms with Crippen molar-refractivity contribution in [3.05, 3.63) is 65.4 Å². The average Bonchev–Trinajstić information content (AvgIpc) is 2.55. The van der Waals surface area contributed by atoms with Gasteiger partial charge < -0.3 is 16.4 Å². The number of halogens is 3. The number of nitrogen functional groups attached to an aromatic ring is 1. The fourth-order valence-electron chi connectivity index (χ4n) is 2.01. The van der Waals surface area contributed by atoms with Gasteiger partial charge in [-0.25, -0.2) is 18.7 Å². The third-order valence-electron chi connectivity index (χ3n) is 3.15. The molecule has 1 heterocycles. The third-order valence-corrected chi connectivity index (χ3v) is 3.39. The van der Waals surface area contributed by atoms with Gasteiger partial charge in [-0.15, -0.1) is 0 Å². The van der Waals surface area contributed by atoms with Crippen molar-refractivity contribution in [1.82, 2.24) is 9.97 Å². The maximum Gasteiger partial charge on any atom is 0.160 e. The summed E-state index contributed by atoms with van der Waals surface area (Å²) in [5, 5.41) is 6.42. The van der Waals surface area contributed by atoms with Gasteiger partial charge in [-0.05, 0) is 30.3 Å². The van der Waals surface area contributed by atoms with Crippen LogP contribution in [-0.4, -0.2) is 9.97 Å². The SMILES string of the molecule is Nc1c(Nc2cccc(Cl)c2)ncnc1Nc1ccc(F)c(F)c1. The topological polar surface area (TPSA) is 75.9 Å². The number of hydrogen-bond donors (Lipinski definition) is 3. The van der Waals surface area contributed by atoms with Crippen molar-refractivity contribution >= 4 is 40.3 Å². The van der Waals surface area contributed by atoms with Gasteiger partial charge in [-0.1, -0.05) is 17.7 Å². The smallest absolute Gasteiger partial charge is 0.160 e. The molecule has 0 aliphatic carbocycles. The van der Waals surface area contributed by atoms with Gasteiger partial charge in [0, 0.05) is 22.5 Å². The van der Waals surface area contributed by atoms with E-state index in [0.717, 1.165) is 12.1 Å². The Morgan fingerprint density at radius 1 is 0.875 bits per heavy atom. The predicted octanol–water partition coefficient (Wildman–Crippen LogP) is 4.48. The van der Waals surface area contributed by atoms with E-state index in [1.807, 2.05) is 0 Å². The Hall–Kier alpha value is -2.93. The van der Waals surface area contributed by atoms with Gasteiger partial charge in [0.2, 0.25) is 0 Å². The van der Waals surface area contributed by atoms with Crippen molar-refractivity contribution in [3.8, 4) is 0 Å². The first-order valence-corrected chi connectivity index (χ1v) is 7.26. The second-order valence-electron chi connectivity index (χ2n) is 4.87. The molecule has 0 radical (unpaired) electrons. The minimum absolute atomic E-state index is 0.224. The summed E-state index contributed by atoms with van der Waals surface area (Å²) in [6.07, 6.45) is 1.30. The van der Waals surface area contributed by atoms with Crippen molar-refractivity contribution in [1.29, 1.82) is 0 Å². The highest BCUT2D eigenvalue weighted by molar-refractivity contribution is 6.30. The first kappa shape index (κ1) is 15.9. The van der Waals surface area contributed by atoms with Crippen molar-refractivity contribution in [2.75, 3.05) is 16.4 Å². The molecule has 3 aromatic rings. The summed E-state index contributed by atoms with van der Waals surface area (Å²) < 4.78 is 26.3. The summed E-state index contributed by atoms with van der Waals surface area (Å²) in [4.78, 5) is 8.09. The Morgan fingerprint density at radius 3 is 2.17 bits per heavy atom.